The molecule has 0 unspecified atom stereocenters. The maximum Gasteiger partial charge on any atom is 0.337 e. The van der Waals surface area contributed by atoms with Gasteiger partial charge in [0.15, 0.2) is 0 Å². The molecule has 1 aromatic carbocycles. The Hall–Kier alpha value is -4.25. The molecule has 4 rings (SSSR count). The highest BCUT2D eigenvalue weighted by Gasteiger charge is 2.16. The van der Waals surface area contributed by atoms with Crippen LogP contribution in [-0.4, -0.2) is 52.7 Å². The number of para-hydroxylation sites is 1. The molecule has 10 nitrogen and oxygen atoms in total. The van der Waals surface area contributed by atoms with Gasteiger partial charge in [0.25, 0.3) is 0 Å². The summed E-state index contributed by atoms with van der Waals surface area (Å²) < 4.78 is 25.1. The second-order valence-electron chi connectivity index (χ2n) is 7.13. The van der Waals surface area contributed by atoms with Gasteiger partial charge in [0.1, 0.15) is 11.5 Å². The smallest absolute Gasteiger partial charge is 0.337 e. The third kappa shape index (κ3) is 4.67. The summed E-state index contributed by atoms with van der Waals surface area (Å²) in [7, 11) is -2.05. The Kier molecular flexibility index (Phi) is 5.80. The second kappa shape index (κ2) is 8.71. The number of carbonyl (C=O) groups is 1. The van der Waals surface area contributed by atoms with Gasteiger partial charge in [0, 0.05) is 30.4 Å². The average Bonchev–Trinajstić information content (AvgIpc) is 3.25. The minimum Gasteiger partial charge on any atom is -0.478 e. The number of aromatic carboxylic acids is 1. The Morgan fingerprint density at radius 2 is 1.91 bits per heavy atom. The van der Waals surface area contributed by atoms with E-state index in [4.69, 9.17) is 0 Å². The number of H-pyrrole nitrogens is 1. The van der Waals surface area contributed by atoms with E-state index < -0.39 is 16.0 Å². The van der Waals surface area contributed by atoms with Crippen LogP contribution in [0.1, 0.15) is 21.6 Å². The lowest BCUT2D eigenvalue weighted by Gasteiger charge is -2.17. The Labute approximate surface area is 189 Å². The first-order chi connectivity index (χ1) is 15.7. The number of anilines is 3. The van der Waals surface area contributed by atoms with E-state index in [1.54, 1.807) is 48.7 Å². The van der Waals surface area contributed by atoms with Gasteiger partial charge in [0.05, 0.1) is 23.2 Å². The number of nitrogens with zero attached hydrogens (tertiary/aromatic N) is 4. The number of benzene rings is 1. The van der Waals surface area contributed by atoms with Gasteiger partial charge in [-0.2, -0.15) is 4.98 Å². The molecule has 0 aliphatic heterocycles. The zero-order valence-corrected chi connectivity index (χ0v) is 18.5. The largest absolute Gasteiger partial charge is 0.478 e. The zero-order valence-electron chi connectivity index (χ0n) is 17.7. The third-order valence-corrected chi connectivity index (χ3v) is 6.05. The predicted molar refractivity (Wildman–Crippen MR) is 127 cm³/mol. The van der Waals surface area contributed by atoms with E-state index in [1.807, 2.05) is 6.07 Å². The average molecular weight is 465 g/mol. The van der Waals surface area contributed by atoms with Crippen molar-refractivity contribution in [3.8, 4) is 0 Å². The van der Waals surface area contributed by atoms with Gasteiger partial charge >= 0.3 is 5.97 Å². The van der Waals surface area contributed by atoms with E-state index in [0.29, 0.717) is 22.6 Å². The molecule has 11 heteroatoms. The van der Waals surface area contributed by atoms with Crippen LogP contribution in [0.15, 0.2) is 54.9 Å². The van der Waals surface area contributed by atoms with Crippen molar-refractivity contribution in [2.75, 3.05) is 22.9 Å². The molecular weight excluding hydrogens is 444 g/mol. The van der Waals surface area contributed by atoms with Gasteiger partial charge in [-0.15, -0.1) is 0 Å². The maximum atomic E-state index is 12.0. The van der Waals surface area contributed by atoms with E-state index in [1.165, 1.54) is 19.3 Å². The Balaban J connectivity index is 1.74. The first-order valence-electron chi connectivity index (χ1n) is 9.75. The number of fused-ring (bicyclic) bond motifs is 1. The standard InChI is InChI=1S/C22H20N6O4S/c1-28(33(2,31)32)20-14(6-5-12-24-20)9-10-18-15-11-13-23-19(15)27-22(26-18)25-17-8-4-3-7-16(17)21(29)30/h3-13H,1-2H3,(H,29,30)(H2,23,25,26,27)/b10-9+. The van der Waals surface area contributed by atoms with E-state index in [-0.39, 0.29) is 17.3 Å². The number of carboxylic acid groups (broad SMARTS) is 1. The van der Waals surface area contributed by atoms with Crippen LogP contribution >= 0.6 is 0 Å². The molecule has 0 aliphatic rings. The fourth-order valence-electron chi connectivity index (χ4n) is 3.18. The number of aromatic amines is 1. The predicted octanol–water partition coefficient (Wildman–Crippen LogP) is 3.36. The van der Waals surface area contributed by atoms with E-state index >= 15 is 0 Å². The highest BCUT2D eigenvalue weighted by Crippen LogP contribution is 2.25. The number of carboxylic acids is 1. The van der Waals surface area contributed by atoms with Crippen LogP contribution in [0.4, 0.5) is 17.5 Å². The van der Waals surface area contributed by atoms with Crippen molar-refractivity contribution in [3.05, 3.63) is 71.7 Å². The molecule has 0 aliphatic carbocycles. The number of nitrogens with one attached hydrogen (secondary N) is 2. The van der Waals surface area contributed by atoms with Crippen molar-refractivity contribution < 1.29 is 18.3 Å². The number of aromatic nitrogens is 4. The zero-order chi connectivity index (χ0) is 23.6. The van der Waals surface area contributed by atoms with Crippen LogP contribution in [-0.2, 0) is 10.0 Å². The van der Waals surface area contributed by atoms with Crippen molar-refractivity contribution in [3.63, 3.8) is 0 Å². The van der Waals surface area contributed by atoms with E-state index in [9.17, 15) is 18.3 Å². The Bertz CT molecular complexity index is 1480. The number of hydrogen-bond acceptors (Lipinski definition) is 7. The molecule has 0 radical (unpaired) electrons. The summed E-state index contributed by atoms with van der Waals surface area (Å²) >= 11 is 0. The first-order valence-corrected chi connectivity index (χ1v) is 11.6. The molecule has 0 spiro atoms. The molecule has 0 saturated carbocycles. The molecule has 0 atom stereocenters. The summed E-state index contributed by atoms with van der Waals surface area (Å²) in [6.45, 7) is 0. The van der Waals surface area contributed by atoms with Crippen molar-refractivity contribution in [1.82, 2.24) is 19.9 Å². The summed E-state index contributed by atoms with van der Waals surface area (Å²) in [6, 6.07) is 11.7. The van der Waals surface area contributed by atoms with Crippen molar-refractivity contribution in [2.45, 2.75) is 0 Å². The number of pyridine rings is 1. The summed E-state index contributed by atoms with van der Waals surface area (Å²) in [4.78, 5) is 27.7. The molecule has 0 saturated heterocycles. The van der Waals surface area contributed by atoms with Gasteiger partial charge in [0.2, 0.25) is 16.0 Å². The highest BCUT2D eigenvalue weighted by atomic mass is 32.2. The minimum absolute atomic E-state index is 0.0913. The molecule has 4 aromatic rings. The molecule has 3 aromatic heterocycles. The Morgan fingerprint density at radius 3 is 2.67 bits per heavy atom. The molecule has 0 fully saturated rings. The van der Waals surface area contributed by atoms with Crippen LogP contribution in [0.3, 0.4) is 0 Å². The van der Waals surface area contributed by atoms with Crippen LogP contribution in [0.2, 0.25) is 0 Å². The van der Waals surface area contributed by atoms with Crippen molar-refractivity contribution in [1.29, 1.82) is 0 Å². The molecule has 3 heterocycles. The fraction of sp³-hybridized carbons (Fsp3) is 0.0909. The SMILES string of the molecule is CN(c1ncccc1/C=C/c1nc(Nc2ccccc2C(=O)O)nc2[nH]ccc12)S(C)(=O)=O. The molecule has 0 amide bonds. The maximum absolute atomic E-state index is 12.0. The van der Waals surface area contributed by atoms with Crippen molar-refractivity contribution in [2.24, 2.45) is 0 Å². The minimum atomic E-state index is -3.49. The normalized spacial score (nSPS) is 11.7. The highest BCUT2D eigenvalue weighted by molar-refractivity contribution is 7.92. The van der Waals surface area contributed by atoms with Gasteiger partial charge in [-0.1, -0.05) is 12.1 Å². The van der Waals surface area contributed by atoms with E-state index in [0.717, 1.165) is 15.9 Å². The number of rotatable bonds is 7. The molecule has 33 heavy (non-hydrogen) atoms. The van der Waals surface area contributed by atoms with Crippen LogP contribution in [0.25, 0.3) is 23.2 Å². The topological polar surface area (TPSA) is 141 Å². The van der Waals surface area contributed by atoms with Crippen molar-refractivity contribution >= 4 is 56.6 Å². The number of hydrogen-bond donors (Lipinski definition) is 3. The third-order valence-electron chi connectivity index (χ3n) is 4.88. The summed E-state index contributed by atoms with van der Waals surface area (Å²) in [5.41, 5.74) is 2.13. The second-order valence-corrected chi connectivity index (χ2v) is 9.14. The summed E-state index contributed by atoms with van der Waals surface area (Å²) in [5.74, 6) is -0.583. The van der Waals surface area contributed by atoms with Crippen LogP contribution in [0.5, 0.6) is 0 Å². The molecule has 3 N–H and O–H groups in total. The quantitative estimate of drug-likeness (QED) is 0.378. The molecule has 0 bridgehead atoms. The summed E-state index contributed by atoms with van der Waals surface area (Å²) in [5, 5.41) is 13.1. The summed E-state index contributed by atoms with van der Waals surface area (Å²) in [6.07, 6.45) is 7.79. The molecule has 168 valence electrons. The van der Waals surface area contributed by atoms with Crippen LogP contribution in [0, 0.1) is 0 Å². The monoisotopic (exact) mass is 464 g/mol. The van der Waals surface area contributed by atoms with Crippen LogP contribution < -0.4 is 9.62 Å². The van der Waals surface area contributed by atoms with Gasteiger partial charge in [-0.25, -0.2) is 23.2 Å². The lowest BCUT2D eigenvalue weighted by atomic mass is 10.2. The Morgan fingerprint density at radius 1 is 1.12 bits per heavy atom. The number of sulfonamides is 1. The van der Waals surface area contributed by atoms with Gasteiger partial charge in [-0.05, 0) is 42.5 Å². The van der Waals surface area contributed by atoms with Gasteiger partial charge < -0.3 is 15.4 Å². The lowest BCUT2D eigenvalue weighted by Crippen LogP contribution is -2.26. The first kappa shape index (κ1) is 22.0. The fourth-order valence-corrected chi connectivity index (χ4v) is 3.64. The lowest BCUT2D eigenvalue weighted by molar-refractivity contribution is 0.0698. The molecular formula is C22H20N6O4S. The van der Waals surface area contributed by atoms with Gasteiger partial charge in [-0.3, -0.25) is 4.31 Å². The van der Waals surface area contributed by atoms with E-state index in [2.05, 4.69) is 25.3 Å².